The lowest BCUT2D eigenvalue weighted by molar-refractivity contribution is 0.103. The summed E-state index contributed by atoms with van der Waals surface area (Å²) in [5, 5.41) is 0. The number of hydrogen-bond donors (Lipinski definition) is 0. The summed E-state index contributed by atoms with van der Waals surface area (Å²) in [6.07, 6.45) is 1.70. The Balaban J connectivity index is 2.78. The van der Waals surface area contributed by atoms with Gasteiger partial charge in [-0.1, -0.05) is 19.9 Å². The van der Waals surface area contributed by atoms with Crippen molar-refractivity contribution in [1.82, 2.24) is 0 Å². The summed E-state index contributed by atoms with van der Waals surface area (Å²) in [7, 11) is 1.60. The molecule has 1 aromatic rings. The van der Waals surface area contributed by atoms with Crippen LogP contribution in [0.2, 0.25) is 0 Å². The van der Waals surface area contributed by atoms with Crippen LogP contribution in [0.25, 0.3) is 0 Å². The van der Waals surface area contributed by atoms with Gasteiger partial charge >= 0.3 is 0 Å². The zero-order chi connectivity index (χ0) is 11.3. The second-order valence-electron chi connectivity index (χ2n) is 3.41. The van der Waals surface area contributed by atoms with Crippen molar-refractivity contribution in [3.63, 3.8) is 0 Å². The number of carbonyl (C=O) groups excluding carboxylic acids is 1. The highest BCUT2D eigenvalue weighted by Gasteiger charge is 2.08. The highest BCUT2D eigenvalue weighted by molar-refractivity contribution is 6.08. The first kappa shape index (κ1) is 11.5. The van der Waals surface area contributed by atoms with Crippen molar-refractivity contribution >= 4 is 5.78 Å². The van der Waals surface area contributed by atoms with Crippen molar-refractivity contribution in [2.75, 3.05) is 7.11 Å². The van der Waals surface area contributed by atoms with E-state index in [1.807, 2.05) is 6.92 Å². The predicted molar refractivity (Wildman–Crippen MR) is 61.4 cm³/mol. The van der Waals surface area contributed by atoms with Crippen molar-refractivity contribution < 1.29 is 9.53 Å². The maximum absolute atomic E-state index is 11.8. The van der Waals surface area contributed by atoms with E-state index in [4.69, 9.17) is 4.74 Å². The van der Waals surface area contributed by atoms with Gasteiger partial charge in [-0.2, -0.15) is 0 Å². The Morgan fingerprint density at radius 3 is 2.40 bits per heavy atom. The number of Topliss-reactive ketones (excluding diaryl/α,β-unsaturated/α-hetero) is 1. The van der Waals surface area contributed by atoms with Gasteiger partial charge in [0.05, 0.1) is 7.11 Å². The highest BCUT2D eigenvalue weighted by atomic mass is 16.5. The van der Waals surface area contributed by atoms with Crippen LogP contribution in [0.15, 0.2) is 36.4 Å². The molecule has 0 spiro atoms. The van der Waals surface area contributed by atoms with E-state index in [1.54, 1.807) is 31.4 Å². The van der Waals surface area contributed by atoms with Crippen LogP contribution < -0.4 is 4.74 Å². The predicted octanol–water partition coefficient (Wildman–Crippen LogP) is 3.23. The molecule has 0 atom stereocenters. The maximum Gasteiger partial charge on any atom is 0.188 e. The quantitative estimate of drug-likeness (QED) is 0.543. The van der Waals surface area contributed by atoms with Gasteiger partial charge in [0.1, 0.15) is 5.75 Å². The maximum atomic E-state index is 11.8. The fourth-order valence-electron chi connectivity index (χ4n) is 1.36. The van der Waals surface area contributed by atoms with Crippen molar-refractivity contribution in [2.45, 2.75) is 19.8 Å². The minimum Gasteiger partial charge on any atom is -0.497 e. The van der Waals surface area contributed by atoms with Crippen LogP contribution in [-0.4, -0.2) is 12.9 Å². The summed E-state index contributed by atoms with van der Waals surface area (Å²) in [5.74, 6) is 0.784. The fourth-order valence-corrected chi connectivity index (χ4v) is 1.36. The molecule has 0 unspecified atom stereocenters. The Labute approximate surface area is 90.6 Å². The van der Waals surface area contributed by atoms with Gasteiger partial charge in [-0.05, 0) is 36.3 Å². The molecule has 0 radical (unpaired) electrons. The standard InChI is InChI=1S/C13H16O2/c1-4-5-10(2)13(14)11-6-8-12(15-3)9-7-11/h6-9H,2,4-5H2,1,3H3. The number of hydrogen-bond acceptors (Lipinski definition) is 2. The summed E-state index contributed by atoms with van der Waals surface area (Å²) in [6.45, 7) is 5.82. The van der Waals surface area contributed by atoms with Crippen LogP contribution in [0.5, 0.6) is 5.75 Å². The van der Waals surface area contributed by atoms with Gasteiger partial charge in [-0.3, -0.25) is 4.79 Å². The first-order valence-electron chi connectivity index (χ1n) is 5.05. The van der Waals surface area contributed by atoms with E-state index in [-0.39, 0.29) is 5.78 Å². The second-order valence-corrected chi connectivity index (χ2v) is 3.41. The molecule has 0 aromatic heterocycles. The van der Waals surface area contributed by atoms with E-state index < -0.39 is 0 Å². The molecule has 0 heterocycles. The summed E-state index contributed by atoms with van der Waals surface area (Å²) in [5.41, 5.74) is 1.34. The van der Waals surface area contributed by atoms with E-state index in [1.165, 1.54) is 0 Å². The van der Waals surface area contributed by atoms with E-state index >= 15 is 0 Å². The number of methoxy groups -OCH3 is 1. The monoisotopic (exact) mass is 204 g/mol. The Hall–Kier alpha value is -1.57. The van der Waals surface area contributed by atoms with Gasteiger partial charge < -0.3 is 4.74 Å². The molecule has 0 bridgehead atoms. The zero-order valence-electron chi connectivity index (χ0n) is 9.25. The van der Waals surface area contributed by atoms with E-state index in [0.29, 0.717) is 11.1 Å². The fraction of sp³-hybridized carbons (Fsp3) is 0.308. The molecule has 2 heteroatoms. The molecule has 15 heavy (non-hydrogen) atoms. The number of allylic oxidation sites excluding steroid dienone is 1. The van der Waals surface area contributed by atoms with Crippen molar-refractivity contribution in [1.29, 1.82) is 0 Å². The van der Waals surface area contributed by atoms with E-state index in [0.717, 1.165) is 18.6 Å². The molecule has 2 nitrogen and oxygen atoms in total. The van der Waals surface area contributed by atoms with Gasteiger partial charge in [0.15, 0.2) is 5.78 Å². The van der Waals surface area contributed by atoms with Crippen LogP contribution in [0, 0.1) is 0 Å². The Morgan fingerprint density at radius 1 is 1.33 bits per heavy atom. The highest BCUT2D eigenvalue weighted by Crippen LogP contribution is 2.15. The Morgan fingerprint density at radius 2 is 1.93 bits per heavy atom. The SMILES string of the molecule is C=C(CCC)C(=O)c1ccc(OC)cc1. The third kappa shape index (κ3) is 2.94. The molecule has 0 N–H and O–H groups in total. The van der Waals surface area contributed by atoms with Crippen molar-refractivity contribution in [2.24, 2.45) is 0 Å². The summed E-state index contributed by atoms with van der Waals surface area (Å²) in [4.78, 5) is 11.8. The van der Waals surface area contributed by atoms with Gasteiger partial charge in [0.2, 0.25) is 0 Å². The van der Waals surface area contributed by atoms with Crippen molar-refractivity contribution in [3.8, 4) is 5.75 Å². The van der Waals surface area contributed by atoms with Crippen LogP contribution in [0.1, 0.15) is 30.1 Å². The smallest absolute Gasteiger partial charge is 0.188 e. The number of carbonyl (C=O) groups is 1. The third-order valence-corrected chi connectivity index (χ3v) is 2.23. The molecule has 0 fully saturated rings. The average Bonchev–Trinajstić information content (AvgIpc) is 2.28. The lowest BCUT2D eigenvalue weighted by atomic mass is 10.0. The molecule has 1 rings (SSSR count). The van der Waals surface area contributed by atoms with Crippen molar-refractivity contribution in [3.05, 3.63) is 42.0 Å². The second kappa shape index (κ2) is 5.35. The minimum atomic E-state index is 0.0273. The molecular weight excluding hydrogens is 188 g/mol. The minimum absolute atomic E-state index is 0.0273. The normalized spacial score (nSPS) is 9.73. The Kier molecular flexibility index (Phi) is 4.10. The summed E-state index contributed by atoms with van der Waals surface area (Å²) < 4.78 is 5.02. The molecule has 1 aromatic carbocycles. The summed E-state index contributed by atoms with van der Waals surface area (Å²) in [6, 6.07) is 7.10. The topological polar surface area (TPSA) is 26.3 Å². The van der Waals surface area contributed by atoms with Crippen LogP contribution in [0.3, 0.4) is 0 Å². The molecular formula is C13H16O2. The van der Waals surface area contributed by atoms with Gasteiger partial charge in [0.25, 0.3) is 0 Å². The largest absolute Gasteiger partial charge is 0.497 e. The number of benzene rings is 1. The van der Waals surface area contributed by atoms with Crippen LogP contribution in [-0.2, 0) is 0 Å². The zero-order valence-corrected chi connectivity index (χ0v) is 9.25. The van der Waals surface area contributed by atoms with E-state index in [2.05, 4.69) is 6.58 Å². The lowest BCUT2D eigenvalue weighted by Gasteiger charge is -2.04. The molecule has 80 valence electrons. The molecule has 0 saturated carbocycles. The van der Waals surface area contributed by atoms with Crippen LogP contribution in [0.4, 0.5) is 0 Å². The molecule has 0 aliphatic rings. The summed E-state index contributed by atoms with van der Waals surface area (Å²) >= 11 is 0. The first-order chi connectivity index (χ1) is 7.19. The van der Waals surface area contributed by atoms with Gasteiger partial charge in [-0.15, -0.1) is 0 Å². The third-order valence-electron chi connectivity index (χ3n) is 2.23. The Bertz CT molecular complexity index is 349. The first-order valence-corrected chi connectivity index (χ1v) is 5.05. The molecule has 0 saturated heterocycles. The van der Waals surface area contributed by atoms with E-state index in [9.17, 15) is 4.79 Å². The van der Waals surface area contributed by atoms with Crippen LogP contribution >= 0.6 is 0 Å². The lowest BCUT2D eigenvalue weighted by Crippen LogP contribution is -2.02. The molecule has 0 aliphatic carbocycles. The van der Waals surface area contributed by atoms with Gasteiger partial charge in [0, 0.05) is 5.56 Å². The number of ether oxygens (including phenoxy) is 1. The number of rotatable bonds is 5. The van der Waals surface area contributed by atoms with Gasteiger partial charge in [-0.25, -0.2) is 0 Å². The number of ketones is 1. The molecule has 0 aliphatic heterocycles. The average molecular weight is 204 g/mol. The molecule has 0 amide bonds.